The molecule has 0 aliphatic carbocycles. The Labute approximate surface area is 178 Å². The van der Waals surface area contributed by atoms with E-state index in [-0.39, 0.29) is 11.8 Å². The second kappa shape index (κ2) is 9.13. The zero-order chi connectivity index (χ0) is 21.1. The van der Waals surface area contributed by atoms with Gasteiger partial charge in [-0.15, -0.1) is 0 Å². The molecule has 0 bridgehead atoms. The third-order valence-corrected chi connectivity index (χ3v) is 6.72. The van der Waals surface area contributed by atoms with Crippen LogP contribution in [0.25, 0.3) is 10.9 Å². The van der Waals surface area contributed by atoms with Crippen molar-refractivity contribution >= 4 is 22.7 Å². The molecule has 3 heterocycles. The number of nitrogens with zero attached hydrogens (tertiary/aromatic N) is 4. The van der Waals surface area contributed by atoms with E-state index in [0.717, 1.165) is 64.0 Å². The second-order valence-corrected chi connectivity index (χ2v) is 8.76. The van der Waals surface area contributed by atoms with Crippen LogP contribution < -0.4 is 0 Å². The van der Waals surface area contributed by atoms with Gasteiger partial charge >= 0.3 is 0 Å². The minimum absolute atomic E-state index is 0.157. The van der Waals surface area contributed by atoms with Crippen LogP contribution in [0.2, 0.25) is 0 Å². The Kier molecular flexibility index (Phi) is 6.32. The highest BCUT2D eigenvalue weighted by Gasteiger charge is 2.31. The van der Waals surface area contributed by atoms with E-state index in [2.05, 4.69) is 34.1 Å². The third-order valence-electron chi connectivity index (χ3n) is 6.72. The number of amides is 2. The Morgan fingerprint density at radius 2 is 1.67 bits per heavy atom. The summed E-state index contributed by atoms with van der Waals surface area (Å²) >= 11 is 0. The number of hydrogen-bond acceptors (Lipinski definition) is 4. The van der Waals surface area contributed by atoms with Gasteiger partial charge in [-0.3, -0.25) is 19.5 Å². The predicted octanol–water partition coefficient (Wildman–Crippen LogP) is 2.57. The van der Waals surface area contributed by atoms with Crippen LogP contribution in [0.1, 0.15) is 32.3 Å². The number of hydrogen-bond donors (Lipinski definition) is 0. The Morgan fingerprint density at radius 1 is 0.933 bits per heavy atom. The summed E-state index contributed by atoms with van der Waals surface area (Å²) in [5, 5.41) is 1.17. The molecule has 0 saturated carbocycles. The molecule has 1 unspecified atom stereocenters. The first-order valence-corrected chi connectivity index (χ1v) is 11.1. The van der Waals surface area contributed by atoms with E-state index in [0.29, 0.717) is 12.0 Å². The number of aromatic nitrogens is 1. The Hall–Kier alpha value is -2.47. The first kappa shape index (κ1) is 20.8. The molecule has 2 amide bonds. The first-order valence-electron chi connectivity index (χ1n) is 11.1. The van der Waals surface area contributed by atoms with Gasteiger partial charge in [0.2, 0.25) is 11.8 Å². The highest BCUT2D eigenvalue weighted by atomic mass is 16.2. The topological polar surface area (TPSA) is 56.8 Å². The van der Waals surface area contributed by atoms with E-state index in [1.807, 2.05) is 22.1 Å². The summed E-state index contributed by atoms with van der Waals surface area (Å²) in [4.78, 5) is 35.1. The molecule has 0 radical (unpaired) electrons. The van der Waals surface area contributed by atoms with Crippen LogP contribution in [-0.4, -0.2) is 76.8 Å². The maximum atomic E-state index is 12.2. The van der Waals surface area contributed by atoms with Gasteiger partial charge in [0.25, 0.3) is 0 Å². The van der Waals surface area contributed by atoms with Crippen molar-refractivity contribution in [3.8, 4) is 0 Å². The molecule has 2 aliphatic rings. The van der Waals surface area contributed by atoms with Gasteiger partial charge in [0.15, 0.2) is 0 Å². The average molecular weight is 409 g/mol. The fourth-order valence-corrected chi connectivity index (χ4v) is 5.07. The molecule has 1 aromatic heterocycles. The second-order valence-electron chi connectivity index (χ2n) is 8.76. The average Bonchev–Trinajstić information content (AvgIpc) is 2.97. The number of fused-ring (bicyclic) bond motifs is 1. The smallest absolute Gasteiger partial charge is 0.219 e. The Balaban J connectivity index is 1.51. The van der Waals surface area contributed by atoms with E-state index >= 15 is 0 Å². The van der Waals surface area contributed by atoms with Crippen molar-refractivity contribution in [1.29, 1.82) is 0 Å². The monoisotopic (exact) mass is 408 g/mol. The largest absolute Gasteiger partial charge is 0.343 e. The summed E-state index contributed by atoms with van der Waals surface area (Å²) in [5.74, 6) is 0.701. The molecular formula is C24H32N4O2. The molecule has 1 atom stereocenters. The van der Waals surface area contributed by atoms with Gasteiger partial charge in [0.05, 0.1) is 5.52 Å². The van der Waals surface area contributed by atoms with Gasteiger partial charge in [-0.25, -0.2) is 0 Å². The maximum Gasteiger partial charge on any atom is 0.219 e. The van der Waals surface area contributed by atoms with Crippen molar-refractivity contribution in [3.05, 3.63) is 42.1 Å². The summed E-state index contributed by atoms with van der Waals surface area (Å²) < 4.78 is 0. The molecule has 160 valence electrons. The number of carbonyl (C=O) groups is 2. The van der Waals surface area contributed by atoms with Crippen molar-refractivity contribution in [2.75, 3.05) is 39.3 Å². The number of rotatable bonds is 3. The fourth-order valence-electron chi connectivity index (χ4n) is 5.07. The third kappa shape index (κ3) is 4.64. The number of para-hydroxylation sites is 1. The van der Waals surface area contributed by atoms with Gasteiger partial charge in [-0.2, -0.15) is 0 Å². The van der Waals surface area contributed by atoms with Gasteiger partial charge in [-0.1, -0.05) is 24.3 Å². The molecule has 6 nitrogen and oxygen atoms in total. The maximum absolute atomic E-state index is 12.2. The number of piperidine rings is 1. The van der Waals surface area contributed by atoms with Crippen molar-refractivity contribution in [2.45, 2.75) is 39.2 Å². The predicted molar refractivity (Wildman–Crippen MR) is 118 cm³/mol. The molecule has 30 heavy (non-hydrogen) atoms. The Morgan fingerprint density at radius 3 is 2.40 bits per heavy atom. The van der Waals surface area contributed by atoms with Crippen molar-refractivity contribution in [2.24, 2.45) is 5.92 Å². The molecule has 2 saturated heterocycles. The van der Waals surface area contributed by atoms with Gasteiger partial charge < -0.3 is 9.80 Å². The number of likely N-dealkylation sites (tertiary alicyclic amines) is 1. The molecule has 6 heteroatoms. The summed E-state index contributed by atoms with van der Waals surface area (Å²) in [6.07, 6.45) is 4.81. The first-order chi connectivity index (χ1) is 14.5. The summed E-state index contributed by atoms with van der Waals surface area (Å²) in [6, 6.07) is 11.0. The van der Waals surface area contributed by atoms with Crippen molar-refractivity contribution in [3.63, 3.8) is 0 Å². The lowest BCUT2D eigenvalue weighted by Crippen LogP contribution is -2.48. The zero-order valence-electron chi connectivity index (χ0n) is 18.1. The van der Waals surface area contributed by atoms with Crippen LogP contribution in [0.5, 0.6) is 0 Å². The molecule has 1 aromatic carbocycles. The van der Waals surface area contributed by atoms with Crippen LogP contribution >= 0.6 is 0 Å². The van der Waals surface area contributed by atoms with E-state index in [1.165, 1.54) is 10.9 Å². The number of benzene rings is 1. The van der Waals surface area contributed by atoms with E-state index in [4.69, 9.17) is 0 Å². The highest BCUT2D eigenvalue weighted by Crippen LogP contribution is 2.25. The lowest BCUT2D eigenvalue weighted by molar-refractivity contribution is -0.131. The van der Waals surface area contributed by atoms with E-state index in [9.17, 15) is 9.59 Å². The Bertz CT molecular complexity index is 902. The van der Waals surface area contributed by atoms with Crippen molar-refractivity contribution < 1.29 is 9.59 Å². The molecule has 0 N–H and O–H groups in total. The van der Waals surface area contributed by atoms with Gasteiger partial charge in [0.1, 0.15) is 0 Å². The van der Waals surface area contributed by atoms with Gasteiger partial charge in [0, 0.05) is 70.7 Å². The van der Waals surface area contributed by atoms with E-state index in [1.54, 1.807) is 13.8 Å². The van der Waals surface area contributed by atoms with Gasteiger partial charge in [-0.05, 0) is 36.8 Å². The molecule has 2 aliphatic heterocycles. The number of pyridine rings is 1. The molecule has 2 aromatic rings. The van der Waals surface area contributed by atoms with Crippen LogP contribution in [0, 0.1) is 5.92 Å². The van der Waals surface area contributed by atoms with E-state index < -0.39 is 0 Å². The standard InChI is InChI=1S/C24H32N4O2/c1-18(29)26-11-8-23(9-12-26)28-14-13-27(19(2)30)16-20(17-28)15-22-6-3-5-21-7-4-10-25-24(21)22/h3-7,10,20,23H,8-9,11-17H2,1-2H3. The summed E-state index contributed by atoms with van der Waals surface area (Å²) in [5.41, 5.74) is 2.33. The number of carbonyl (C=O) groups excluding carboxylic acids is 2. The summed E-state index contributed by atoms with van der Waals surface area (Å²) in [6.45, 7) is 8.48. The minimum Gasteiger partial charge on any atom is -0.343 e. The van der Waals surface area contributed by atoms with Crippen LogP contribution in [-0.2, 0) is 16.0 Å². The normalized spacial score (nSPS) is 21.6. The summed E-state index contributed by atoms with van der Waals surface area (Å²) in [7, 11) is 0. The lowest BCUT2D eigenvalue weighted by Gasteiger charge is -2.38. The quantitative estimate of drug-likeness (QED) is 0.783. The minimum atomic E-state index is 0.157. The van der Waals surface area contributed by atoms with Crippen molar-refractivity contribution in [1.82, 2.24) is 19.7 Å². The fraction of sp³-hybridized carbons (Fsp3) is 0.542. The highest BCUT2D eigenvalue weighted by molar-refractivity contribution is 5.81. The van der Waals surface area contributed by atoms with Crippen LogP contribution in [0.15, 0.2) is 36.5 Å². The van der Waals surface area contributed by atoms with Crippen LogP contribution in [0.3, 0.4) is 0 Å². The van der Waals surface area contributed by atoms with Crippen LogP contribution in [0.4, 0.5) is 0 Å². The lowest BCUT2D eigenvalue weighted by atomic mass is 9.95. The molecule has 4 rings (SSSR count). The zero-order valence-corrected chi connectivity index (χ0v) is 18.1. The molecule has 2 fully saturated rings. The SMILES string of the molecule is CC(=O)N1CCC(N2CCN(C(C)=O)CC(Cc3cccc4cccnc34)C2)CC1. The molecule has 0 spiro atoms. The molecular weight excluding hydrogens is 376 g/mol.